The van der Waals surface area contributed by atoms with Gasteiger partial charge in [0.25, 0.3) is 5.91 Å². The SMILES string of the molecule is NC(O)C1NC(=O)c2cn[nH]c2-n2cccc21. The lowest BCUT2D eigenvalue weighted by atomic mass is 10.2. The van der Waals surface area contributed by atoms with Crippen molar-refractivity contribution < 1.29 is 9.90 Å². The Morgan fingerprint density at radius 2 is 2.41 bits per heavy atom. The second-order valence-electron chi connectivity index (χ2n) is 3.88. The molecule has 3 heterocycles. The molecule has 1 aliphatic rings. The van der Waals surface area contributed by atoms with E-state index in [1.165, 1.54) is 6.20 Å². The summed E-state index contributed by atoms with van der Waals surface area (Å²) in [7, 11) is 0. The number of carbonyl (C=O) groups excluding carboxylic acids is 1. The largest absolute Gasteiger partial charge is 0.376 e. The van der Waals surface area contributed by atoms with Crippen molar-refractivity contribution in [1.29, 1.82) is 0 Å². The molecule has 2 unspecified atom stereocenters. The highest BCUT2D eigenvalue weighted by atomic mass is 16.3. The van der Waals surface area contributed by atoms with Crippen LogP contribution in [0.5, 0.6) is 0 Å². The normalized spacial score (nSPS) is 20.1. The molecule has 1 amide bonds. The van der Waals surface area contributed by atoms with E-state index in [2.05, 4.69) is 15.5 Å². The van der Waals surface area contributed by atoms with Crippen LogP contribution in [0.4, 0.5) is 0 Å². The summed E-state index contributed by atoms with van der Waals surface area (Å²) in [5.41, 5.74) is 6.60. The van der Waals surface area contributed by atoms with Crippen LogP contribution < -0.4 is 11.1 Å². The minimum Gasteiger partial charge on any atom is -0.376 e. The van der Waals surface area contributed by atoms with Crippen molar-refractivity contribution in [3.8, 4) is 5.82 Å². The highest BCUT2D eigenvalue weighted by molar-refractivity contribution is 5.97. The molecule has 2 atom stereocenters. The molecule has 0 radical (unpaired) electrons. The van der Waals surface area contributed by atoms with E-state index in [1.807, 2.05) is 6.07 Å². The average molecular weight is 233 g/mol. The Labute approximate surface area is 96.2 Å². The van der Waals surface area contributed by atoms with Crippen LogP contribution in [0.25, 0.3) is 5.82 Å². The molecule has 7 nitrogen and oxygen atoms in total. The second-order valence-corrected chi connectivity index (χ2v) is 3.88. The number of fused-ring (bicyclic) bond motifs is 3. The first kappa shape index (κ1) is 10.1. The fourth-order valence-corrected chi connectivity index (χ4v) is 2.03. The summed E-state index contributed by atoms with van der Waals surface area (Å²) in [4.78, 5) is 11.9. The molecule has 2 aromatic heterocycles. The molecule has 3 rings (SSSR count). The maximum absolute atomic E-state index is 11.9. The standard InChI is InChI=1S/C10H11N5O2/c11-8(16)7-6-2-1-3-15(6)9-5(4-12-14-9)10(17)13-7/h1-4,7-8,16H,11H2,(H,12,14)(H,13,17). The van der Waals surface area contributed by atoms with Gasteiger partial charge in [-0.3, -0.25) is 9.89 Å². The number of hydrogen-bond acceptors (Lipinski definition) is 4. The van der Waals surface area contributed by atoms with Crippen LogP contribution in [0, 0.1) is 0 Å². The summed E-state index contributed by atoms with van der Waals surface area (Å²) in [6, 6.07) is 2.96. The number of hydrogen-bond donors (Lipinski definition) is 4. The lowest BCUT2D eigenvalue weighted by Gasteiger charge is -2.19. The molecule has 0 spiro atoms. The third kappa shape index (κ3) is 1.37. The number of rotatable bonds is 1. The average Bonchev–Trinajstić information content (AvgIpc) is 2.91. The number of nitrogens with one attached hydrogen (secondary N) is 2. The van der Waals surface area contributed by atoms with E-state index in [4.69, 9.17) is 5.73 Å². The molecule has 1 aliphatic heterocycles. The van der Waals surface area contributed by atoms with Crippen molar-refractivity contribution in [2.24, 2.45) is 5.73 Å². The van der Waals surface area contributed by atoms with Crippen LogP contribution in [0.1, 0.15) is 22.1 Å². The zero-order valence-electron chi connectivity index (χ0n) is 8.79. The van der Waals surface area contributed by atoms with Gasteiger partial charge in [-0.25, -0.2) is 0 Å². The van der Waals surface area contributed by atoms with Gasteiger partial charge >= 0.3 is 0 Å². The highest BCUT2D eigenvalue weighted by Gasteiger charge is 2.30. The van der Waals surface area contributed by atoms with Crippen LogP contribution in [0.3, 0.4) is 0 Å². The van der Waals surface area contributed by atoms with E-state index >= 15 is 0 Å². The molecule has 0 fully saturated rings. The Kier molecular flexibility index (Phi) is 2.03. The second kappa shape index (κ2) is 3.44. The van der Waals surface area contributed by atoms with Crippen molar-refractivity contribution in [3.05, 3.63) is 35.8 Å². The van der Waals surface area contributed by atoms with Gasteiger partial charge in [0.1, 0.15) is 23.7 Å². The lowest BCUT2D eigenvalue weighted by Crippen LogP contribution is -2.40. The number of nitrogens with two attached hydrogens (primary N) is 1. The molecule has 88 valence electrons. The molecular formula is C10H11N5O2. The summed E-state index contributed by atoms with van der Waals surface area (Å²) >= 11 is 0. The summed E-state index contributed by atoms with van der Waals surface area (Å²) in [5.74, 6) is 0.262. The van der Waals surface area contributed by atoms with Gasteiger partial charge in [0, 0.05) is 6.20 Å². The number of aromatic nitrogens is 3. The maximum Gasteiger partial charge on any atom is 0.257 e. The number of aliphatic hydroxyl groups excluding tert-OH is 1. The third-order valence-corrected chi connectivity index (χ3v) is 2.83. The van der Waals surface area contributed by atoms with Crippen molar-refractivity contribution in [2.45, 2.75) is 12.3 Å². The highest BCUT2D eigenvalue weighted by Crippen LogP contribution is 2.25. The lowest BCUT2D eigenvalue weighted by molar-refractivity contribution is 0.0843. The van der Waals surface area contributed by atoms with Crippen LogP contribution in [-0.2, 0) is 0 Å². The summed E-state index contributed by atoms with van der Waals surface area (Å²) in [6.07, 6.45) is 2.06. The van der Waals surface area contributed by atoms with Crippen molar-refractivity contribution in [1.82, 2.24) is 20.1 Å². The van der Waals surface area contributed by atoms with Gasteiger partial charge in [0.15, 0.2) is 0 Å². The van der Waals surface area contributed by atoms with Gasteiger partial charge in [-0.2, -0.15) is 5.10 Å². The summed E-state index contributed by atoms with van der Waals surface area (Å²) in [6.45, 7) is 0. The summed E-state index contributed by atoms with van der Waals surface area (Å²) < 4.78 is 1.75. The maximum atomic E-state index is 11.9. The Bertz CT molecular complexity index is 571. The number of carbonyl (C=O) groups is 1. The van der Waals surface area contributed by atoms with E-state index < -0.39 is 12.3 Å². The molecule has 17 heavy (non-hydrogen) atoms. The molecule has 0 saturated heterocycles. The predicted molar refractivity (Wildman–Crippen MR) is 58.3 cm³/mol. The first-order chi connectivity index (χ1) is 8.18. The number of H-pyrrole nitrogens is 1. The Balaban J connectivity index is 2.22. The van der Waals surface area contributed by atoms with Gasteiger partial charge in [0.2, 0.25) is 0 Å². The number of aromatic amines is 1. The van der Waals surface area contributed by atoms with Crippen LogP contribution in [-0.4, -0.2) is 32.0 Å². The Morgan fingerprint density at radius 1 is 1.59 bits per heavy atom. The molecule has 0 aromatic carbocycles. The molecule has 7 heteroatoms. The van der Waals surface area contributed by atoms with Crippen LogP contribution in [0.2, 0.25) is 0 Å². The number of nitrogens with zero attached hydrogens (tertiary/aromatic N) is 2. The minimum absolute atomic E-state index is 0.313. The summed E-state index contributed by atoms with van der Waals surface area (Å²) in [5, 5.41) is 18.8. The van der Waals surface area contributed by atoms with Gasteiger partial charge in [-0.1, -0.05) is 0 Å². The van der Waals surface area contributed by atoms with Crippen LogP contribution in [0.15, 0.2) is 24.5 Å². The fourth-order valence-electron chi connectivity index (χ4n) is 2.03. The Morgan fingerprint density at radius 3 is 3.18 bits per heavy atom. The molecule has 2 aromatic rings. The van der Waals surface area contributed by atoms with Crippen molar-refractivity contribution in [3.63, 3.8) is 0 Å². The number of aliphatic hydroxyl groups is 1. The van der Waals surface area contributed by atoms with Crippen LogP contribution >= 0.6 is 0 Å². The number of amides is 1. The first-order valence-electron chi connectivity index (χ1n) is 5.14. The zero-order valence-corrected chi connectivity index (χ0v) is 8.79. The van der Waals surface area contributed by atoms with Crippen molar-refractivity contribution >= 4 is 5.91 Å². The first-order valence-corrected chi connectivity index (χ1v) is 5.14. The molecule has 0 bridgehead atoms. The van der Waals surface area contributed by atoms with Gasteiger partial charge < -0.3 is 20.7 Å². The minimum atomic E-state index is -1.16. The van der Waals surface area contributed by atoms with Gasteiger partial charge in [-0.05, 0) is 12.1 Å². The third-order valence-electron chi connectivity index (χ3n) is 2.83. The van der Waals surface area contributed by atoms with Gasteiger partial charge in [-0.15, -0.1) is 0 Å². The fraction of sp³-hybridized carbons (Fsp3) is 0.200. The van der Waals surface area contributed by atoms with E-state index in [1.54, 1.807) is 16.8 Å². The molecular weight excluding hydrogens is 222 g/mol. The smallest absolute Gasteiger partial charge is 0.257 e. The van der Waals surface area contributed by atoms with E-state index in [9.17, 15) is 9.90 Å². The molecule has 5 N–H and O–H groups in total. The van der Waals surface area contributed by atoms with E-state index in [0.717, 1.165) is 0 Å². The zero-order chi connectivity index (χ0) is 12.0. The Hall–Kier alpha value is -2.12. The molecule has 0 aliphatic carbocycles. The van der Waals surface area contributed by atoms with Crippen molar-refractivity contribution in [2.75, 3.05) is 0 Å². The predicted octanol–water partition coefficient (Wildman–Crippen LogP) is -0.738. The monoisotopic (exact) mass is 233 g/mol. The van der Waals surface area contributed by atoms with Gasteiger partial charge in [0.05, 0.1) is 11.9 Å². The molecule has 0 saturated carbocycles. The quantitative estimate of drug-likeness (QED) is 0.486. The van der Waals surface area contributed by atoms with E-state index in [-0.39, 0.29) is 5.91 Å². The topological polar surface area (TPSA) is 109 Å². The van der Waals surface area contributed by atoms with E-state index in [0.29, 0.717) is 17.1 Å².